The van der Waals surface area contributed by atoms with Crippen LogP contribution < -0.4 is 4.74 Å². The van der Waals surface area contributed by atoms with Gasteiger partial charge < -0.3 is 4.74 Å². The van der Waals surface area contributed by atoms with Crippen molar-refractivity contribution in [2.45, 2.75) is 46.1 Å². The molecular formula is C13H18O. The van der Waals surface area contributed by atoms with E-state index in [0.717, 1.165) is 18.8 Å². The summed E-state index contributed by atoms with van der Waals surface area (Å²) in [6, 6.07) is 4.58. The zero-order valence-corrected chi connectivity index (χ0v) is 9.48. The van der Waals surface area contributed by atoms with Crippen LogP contribution >= 0.6 is 0 Å². The SMILES string of the molecule is CCc1cc(C(C)(C)C)cc2c1OC2. The van der Waals surface area contributed by atoms with Gasteiger partial charge in [-0.15, -0.1) is 0 Å². The fourth-order valence-electron chi connectivity index (χ4n) is 1.81. The molecule has 0 aliphatic carbocycles. The molecule has 0 fully saturated rings. The van der Waals surface area contributed by atoms with Gasteiger partial charge in [-0.25, -0.2) is 0 Å². The smallest absolute Gasteiger partial charge is 0.129 e. The molecule has 76 valence electrons. The minimum absolute atomic E-state index is 0.245. The highest BCUT2D eigenvalue weighted by Gasteiger charge is 2.23. The Kier molecular flexibility index (Phi) is 2.06. The molecule has 1 aromatic rings. The summed E-state index contributed by atoms with van der Waals surface area (Å²) in [5.74, 6) is 1.14. The maximum Gasteiger partial charge on any atom is 0.129 e. The summed E-state index contributed by atoms with van der Waals surface area (Å²) in [5.41, 5.74) is 4.42. The van der Waals surface area contributed by atoms with Crippen LogP contribution in [-0.2, 0) is 18.4 Å². The van der Waals surface area contributed by atoms with Crippen LogP contribution in [-0.4, -0.2) is 0 Å². The molecular weight excluding hydrogens is 172 g/mol. The van der Waals surface area contributed by atoms with Crippen LogP contribution in [0.3, 0.4) is 0 Å². The largest absolute Gasteiger partial charge is 0.488 e. The molecule has 1 aromatic carbocycles. The molecule has 1 heteroatoms. The van der Waals surface area contributed by atoms with Crippen molar-refractivity contribution in [3.05, 3.63) is 28.8 Å². The van der Waals surface area contributed by atoms with Crippen LogP contribution in [0.15, 0.2) is 12.1 Å². The highest BCUT2D eigenvalue weighted by atomic mass is 16.5. The first-order chi connectivity index (χ1) is 6.52. The van der Waals surface area contributed by atoms with E-state index in [1.54, 1.807) is 0 Å². The van der Waals surface area contributed by atoms with E-state index >= 15 is 0 Å². The molecule has 0 spiro atoms. The van der Waals surface area contributed by atoms with Gasteiger partial charge in [0.05, 0.1) is 0 Å². The first-order valence-electron chi connectivity index (χ1n) is 5.31. The Bertz CT molecular complexity index is 358. The molecule has 1 heterocycles. The molecule has 0 unspecified atom stereocenters. The van der Waals surface area contributed by atoms with Gasteiger partial charge in [0.25, 0.3) is 0 Å². The van der Waals surface area contributed by atoms with Gasteiger partial charge in [0, 0.05) is 5.56 Å². The maximum atomic E-state index is 5.47. The maximum absolute atomic E-state index is 5.47. The fourth-order valence-corrected chi connectivity index (χ4v) is 1.81. The van der Waals surface area contributed by atoms with Crippen LogP contribution in [0.25, 0.3) is 0 Å². The van der Waals surface area contributed by atoms with Gasteiger partial charge in [0.1, 0.15) is 12.4 Å². The third kappa shape index (κ3) is 1.41. The van der Waals surface area contributed by atoms with E-state index < -0.39 is 0 Å². The zero-order valence-electron chi connectivity index (χ0n) is 9.48. The highest BCUT2D eigenvalue weighted by Crippen LogP contribution is 2.37. The van der Waals surface area contributed by atoms with Gasteiger partial charge in [0.2, 0.25) is 0 Å². The predicted octanol–water partition coefficient (Wildman–Crippen LogP) is 3.44. The Morgan fingerprint density at radius 3 is 2.43 bits per heavy atom. The van der Waals surface area contributed by atoms with E-state index in [1.807, 2.05) is 0 Å². The molecule has 1 aliphatic heterocycles. The van der Waals surface area contributed by atoms with Gasteiger partial charge in [-0.2, -0.15) is 0 Å². The molecule has 14 heavy (non-hydrogen) atoms. The van der Waals surface area contributed by atoms with Gasteiger partial charge in [-0.1, -0.05) is 33.8 Å². The third-order valence-electron chi connectivity index (χ3n) is 2.86. The molecule has 0 bridgehead atoms. The van der Waals surface area contributed by atoms with Crippen molar-refractivity contribution >= 4 is 0 Å². The first kappa shape index (κ1) is 9.57. The van der Waals surface area contributed by atoms with Crippen molar-refractivity contribution in [2.75, 3.05) is 0 Å². The molecule has 1 aliphatic rings. The predicted molar refractivity (Wildman–Crippen MR) is 58.9 cm³/mol. The number of fused-ring (bicyclic) bond motifs is 1. The van der Waals surface area contributed by atoms with E-state index in [0.29, 0.717) is 0 Å². The van der Waals surface area contributed by atoms with E-state index in [9.17, 15) is 0 Å². The molecule has 0 amide bonds. The minimum Gasteiger partial charge on any atom is -0.488 e. The Morgan fingerprint density at radius 1 is 1.29 bits per heavy atom. The number of hydrogen-bond acceptors (Lipinski definition) is 1. The first-order valence-corrected chi connectivity index (χ1v) is 5.31. The lowest BCUT2D eigenvalue weighted by Crippen LogP contribution is -2.17. The molecule has 0 radical (unpaired) electrons. The Balaban J connectivity index is 2.50. The third-order valence-corrected chi connectivity index (χ3v) is 2.86. The normalized spacial score (nSPS) is 14.3. The summed E-state index contributed by atoms with van der Waals surface area (Å²) in [4.78, 5) is 0. The zero-order chi connectivity index (χ0) is 10.3. The highest BCUT2D eigenvalue weighted by molar-refractivity contribution is 5.50. The summed E-state index contributed by atoms with van der Waals surface area (Å²) in [6.07, 6.45) is 1.06. The Labute approximate surface area is 86.1 Å². The van der Waals surface area contributed by atoms with Gasteiger partial charge >= 0.3 is 0 Å². The molecule has 0 N–H and O–H groups in total. The number of rotatable bonds is 1. The lowest BCUT2D eigenvalue weighted by molar-refractivity contribution is 0.239. The van der Waals surface area contributed by atoms with Gasteiger partial charge in [0.15, 0.2) is 0 Å². The molecule has 0 saturated carbocycles. The van der Waals surface area contributed by atoms with E-state index in [4.69, 9.17) is 4.74 Å². The van der Waals surface area contributed by atoms with Gasteiger partial charge in [-0.05, 0) is 29.0 Å². The summed E-state index contributed by atoms with van der Waals surface area (Å²) >= 11 is 0. The second-order valence-corrected chi connectivity index (χ2v) is 5.02. The van der Waals surface area contributed by atoms with Crippen molar-refractivity contribution in [3.8, 4) is 5.75 Å². The second-order valence-electron chi connectivity index (χ2n) is 5.02. The summed E-state index contributed by atoms with van der Waals surface area (Å²) < 4.78 is 5.47. The van der Waals surface area contributed by atoms with E-state index in [-0.39, 0.29) is 5.41 Å². The van der Waals surface area contributed by atoms with Crippen molar-refractivity contribution in [2.24, 2.45) is 0 Å². The quantitative estimate of drug-likeness (QED) is 0.659. The molecule has 0 saturated heterocycles. The summed E-state index contributed by atoms with van der Waals surface area (Å²) in [5, 5.41) is 0. The monoisotopic (exact) mass is 190 g/mol. The van der Waals surface area contributed by atoms with Crippen molar-refractivity contribution in [1.29, 1.82) is 0 Å². The van der Waals surface area contributed by atoms with Crippen molar-refractivity contribution in [1.82, 2.24) is 0 Å². The average Bonchev–Trinajstić information content (AvgIpc) is 2.04. The van der Waals surface area contributed by atoms with E-state index in [1.165, 1.54) is 16.7 Å². The lowest BCUT2D eigenvalue weighted by atomic mass is 9.84. The molecule has 0 aromatic heterocycles. The second kappa shape index (κ2) is 3.01. The Hall–Kier alpha value is -0.980. The Morgan fingerprint density at radius 2 is 2.00 bits per heavy atom. The molecule has 1 nitrogen and oxygen atoms in total. The van der Waals surface area contributed by atoms with Crippen LogP contribution in [0, 0.1) is 0 Å². The summed E-state index contributed by atoms with van der Waals surface area (Å²) in [7, 11) is 0. The van der Waals surface area contributed by atoms with E-state index in [2.05, 4.69) is 39.8 Å². The molecule has 0 atom stereocenters. The number of aryl methyl sites for hydroxylation is 1. The molecule has 2 rings (SSSR count). The number of benzene rings is 1. The minimum atomic E-state index is 0.245. The van der Waals surface area contributed by atoms with Crippen molar-refractivity contribution < 1.29 is 4.74 Å². The van der Waals surface area contributed by atoms with Gasteiger partial charge in [-0.3, -0.25) is 0 Å². The topological polar surface area (TPSA) is 9.23 Å². The fraction of sp³-hybridized carbons (Fsp3) is 0.538. The summed E-state index contributed by atoms with van der Waals surface area (Å²) in [6.45, 7) is 9.76. The van der Waals surface area contributed by atoms with Crippen LogP contribution in [0.2, 0.25) is 0 Å². The lowest BCUT2D eigenvalue weighted by Gasteiger charge is -2.28. The van der Waals surface area contributed by atoms with Crippen LogP contribution in [0.5, 0.6) is 5.75 Å². The number of hydrogen-bond donors (Lipinski definition) is 0. The average molecular weight is 190 g/mol. The van der Waals surface area contributed by atoms with Crippen LogP contribution in [0.4, 0.5) is 0 Å². The standard InChI is InChI=1S/C13H18O/c1-5-9-6-11(13(2,3)4)7-10-8-14-12(9)10/h6-7H,5,8H2,1-4H3. The van der Waals surface area contributed by atoms with Crippen molar-refractivity contribution in [3.63, 3.8) is 0 Å². The van der Waals surface area contributed by atoms with Crippen LogP contribution in [0.1, 0.15) is 44.4 Å². The number of ether oxygens (including phenoxy) is 1.